The average molecular weight is 364 g/mol. The van der Waals surface area contributed by atoms with Crippen LogP contribution in [0.3, 0.4) is 0 Å². The van der Waals surface area contributed by atoms with E-state index >= 15 is 0 Å². The Morgan fingerprint density at radius 1 is 1.04 bits per heavy atom. The third-order valence-electron chi connectivity index (χ3n) is 4.09. The Morgan fingerprint density at radius 2 is 1.79 bits per heavy atom. The fourth-order valence-corrected chi connectivity index (χ4v) is 3.21. The lowest BCUT2D eigenvalue weighted by molar-refractivity contribution is 0.208. The maximum atomic E-state index is 12.4. The molecule has 4 nitrogen and oxygen atoms in total. The minimum atomic E-state index is -0.0718. The molecule has 0 saturated carbocycles. The van der Waals surface area contributed by atoms with E-state index in [0.29, 0.717) is 23.1 Å². The van der Waals surface area contributed by atoms with E-state index in [4.69, 9.17) is 23.2 Å². The summed E-state index contributed by atoms with van der Waals surface area (Å²) >= 11 is 12.3. The number of nitrogens with one attached hydrogen (secondary N) is 1. The van der Waals surface area contributed by atoms with Crippen molar-refractivity contribution in [3.63, 3.8) is 0 Å². The Balaban J connectivity index is 1.60. The zero-order valence-electron chi connectivity index (χ0n) is 13.4. The van der Waals surface area contributed by atoms with Crippen molar-refractivity contribution in [2.75, 3.05) is 36.4 Å². The van der Waals surface area contributed by atoms with Gasteiger partial charge in [-0.25, -0.2) is 4.79 Å². The second kappa shape index (κ2) is 7.32. The number of hydrogen-bond donors (Lipinski definition) is 1. The summed E-state index contributed by atoms with van der Waals surface area (Å²) in [7, 11) is 0. The first kappa shape index (κ1) is 16.9. The van der Waals surface area contributed by atoms with Crippen LogP contribution in [0.4, 0.5) is 16.2 Å². The standard InChI is InChI=1S/C18H19Cl2N3O/c1-13-3-2-4-15(11-13)21-18(24)23-9-7-22(8-10-23)17-12-14(19)5-6-16(17)20/h2-6,11-12H,7-10H2,1H3,(H,21,24). The number of urea groups is 1. The molecule has 6 heteroatoms. The second-order valence-electron chi connectivity index (χ2n) is 5.87. The maximum Gasteiger partial charge on any atom is 0.321 e. The third-order valence-corrected chi connectivity index (χ3v) is 4.64. The van der Waals surface area contributed by atoms with Gasteiger partial charge < -0.3 is 15.1 Å². The van der Waals surface area contributed by atoms with Gasteiger partial charge in [0, 0.05) is 36.9 Å². The summed E-state index contributed by atoms with van der Waals surface area (Å²) in [4.78, 5) is 16.4. The number of benzene rings is 2. The molecule has 1 fully saturated rings. The molecule has 0 aliphatic carbocycles. The van der Waals surface area contributed by atoms with Crippen LogP contribution < -0.4 is 10.2 Å². The summed E-state index contributed by atoms with van der Waals surface area (Å²) < 4.78 is 0. The van der Waals surface area contributed by atoms with Gasteiger partial charge >= 0.3 is 6.03 Å². The Labute approximate surface area is 152 Å². The molecule has 0 spiro atoms. The number of carbonyl (C=O) groups is 1. The third kappa shape index (κ3) is 3.94. The number of nitrogens with zero attached hydrogens (tertiary/aromatic N) is 2. The predicted molar refractivity (Wildman–Crippen MR) is 100 cm³/mol. The van der Waals surface area contributed by atoms with Gasteiger partial charge in [0.2, 0.25) is 0 Å². The van der Waals surface area contributed by atoms with Gasteiger partial charge in [0.15, 0.2) is 0 Å². The highest BCUT2D eigenvalue weighted by Crippen LogP contribution is 2.29. The van der Waals surface area contributed by atoms with Crippen LogP contribution >= 0.6 is 23.2 Å². The van der Waals surface area contributed by atoms with Crippen molar-refractivity contribution in [1.29, 1.82) is 0 Å². The van der Waals surface area contributed by atoms with E-state index in [9.17, 15) is 4.79 Å². The molecule has 0 bridgehead atoms. The first-order valence-corrected chi connectivity index (χ1v) is 8.61. The fraction of sp³-hybridized carbons (Fsp3) is 0.278. The molecule has 1 aliphatic rings. The van der Waals surface area contributed by atoms with Crippen molar-refractivity contribution in [2.24, 2.45) is 0 Å². The summed E-state index contributed by atoms with van der Waals surface area (Å²) in [6.07, 6.45) is 0. The Hall–Kier alpha value is -1.91. The molecule has 24 heavy (non-hydrogen) atoms. The van der Waals surface area contributed by atoms with Crippen molar-refractivity contribution in [1.82, 2.24) is 4.90 Å². The first-order chi connectivity index (χ1) is 11.5. The molecule has 0 atom stereocenters. The van der Waals surface area contributed by atoms with Crippen molar-refractivity contribution < 1.29 is 4.79 Å². The Kier molecular flexibility index (Phi) is 5.17. The molecule has 0 aromatic heterocycles. The molecule has 1 aliphatic heterocycles. The molecule has 0 unspecified atom stereocenters. The lowest BCUT2D eigenvalue weighted by Gasteiger charge is -2.36. The average Bonchev–Trinajstić information content (AvgIpc) is 2.57. The number of halogens is 2. The number of piperazine rings is 1. The van der Waals surface area contributed by atoms with E-state index in [1.165, 1.54) is 0 Å². The minimum absolute atomic E-state index is 0.0718. The monoisotopic (exact) mass is 363 g/mol. The molecular weight excluding hydrogens is 345 g/mol. The normalized spacial score (nSPS) is 14.6. The SMILES string of the molecule is Cc1cccc(NC(=O)N2CCN(c3cc(Cl)ccc3Cl)CC2)c1. The summed E-state index contributed by atoms with van der Waals surface area (Å²) in [5, 5.41) is 4.29. The molecule has 2 aromatic rings. The van der Waals surface area contributed by atoms with E-state index < -0.39 is 0 Å². The topological polar surface area (TPSA) is 35.6 Å². The quantitative estimate of drug-likeness (QED) is 0.842. The van der Waals surface area contributed by atoms with Gasteiger partial charge in [0.05, 0.1) is 10.7 Å². The largest absolute Gasteiger partial charge is 0.367 e. The summed E-state index contributed by atoms with van der Waals surface area (Å²) in [5.74, 6) is 0. The molecule has 1 saturated heterocycles. The number of aryl methyl sites for hydroxylation is 1. The van der Waals surface area contributed by atoms with E-state index in [1.807, 2.05) is 42.2 Å². The predicted octanol–water partition coefficient (Wildman–Crippen LogP) is 4.66. The smallest absolute Gasteiger partial charge is 0.321 e. The molecule has 1 N–H and O–H groups in total. The van der Waals surface area contributed by atoms with Crippen molar-refractivity contribution in [3.05, 3.63) is 58.1 Å². The molecule has 1 heterocycles. The van der Waals surface area contributed by atoms with Crippen LogP contribution in [0.25, 0.3) is 0 Å². The van der Waals surface area contributed by atoms with E-state index in [-0.39, 0.29) is 6.03 Å². The highest BCUT2D eigenvalue weighted by atomic mass is 35.5. The number of rotatable bonds is 2. The van der Waals surface area contributed by atoms with E-state index in [1.54, 1.807) is 12.1 Å². The number of anilines is 2. The lowest BCUT2D eigenvalue weighted by Crippen LogP contribution is -2.50. The van der Waals surface area contributed by atoms with E-state index in [0.717, 1.165) is 30.0 Å². The van der Waals surface area contributed by atoms with Gasteiger partial charge in [0.25, 0.3) is 0 Å². The molecule has 126 valence electrons. The number of amides is 2. The highest BCUT2D eigenvalue weighted by molar-refractivity contribution is 6.35. The Bertz CT molecular complexity index is 743. The molecular formula is C18H19Cl2N3O. The highest BCUT2D eigenvalue weighted by Gasteiger charge is 2.22. The summed E-state index contributed by atoms with van der Waals surface area (Å²) in [6.45, 7) is 4.73. The van der Waals surface area contributed by atoms with Gasteiger partial charge in [-0.15, -0.1) is 0 Å². The summed E-state index contributed by atoms with van der Waals surface area (Å²) in [6, 6.07) is 13.2. The van der Waals surface area contributed by atoms with Gasteiger partial charge in [-0.1, -0.05) is 35.3 Å². The number of hydrogen-bond acceptors (Lipinski definition) is 2. The van der Waals surface area contributed by atoms with Crippen LogP contribution in [-0.4, -0.2) is 37.1 Å². The van der Waals surface area contributed by atoms with Crippen LogP contribution in [0.5, 0.6) is 0 Å². The fourth-order valence-electron chi connectivity index (χ4n) is 2.80. The van der Waals surface area contributed by atoms with Gasteiger partial charge in [-0.05, 0) is 42.8 Å². The van der Waals surface area contributed by atoms with Crippen LogP contribution in [0.15, 0.2) is 42.5 Å². The number of carbonyl (C=O) groups excluding carboxylic acids is 1. The first-order valence-electron chi connectivity index (χ1n) is 7.85. The van der Waals surface area contributed by atoms with Gasteiger partial charge in [0.1, 0.15) is 0 Å². The minimum Gasteiger partial charge on any atom is -0.367 e. The van der Waals surface area contributed by atoms with Crippen molar-refractivity contribution in [2.45, 2.75) is 6.92 Å². The molecule has 2 amide bonds. The van der Waals surface area contributed by atoms with Crippen molar-refractivity contribution in [3.8, 4) is 0 Å². The molecule has 0 radical (unpaired) electrons. The second-order valence-corrected chi connectivity index (χ2v) is 6.71. The van der Waals surface area contributed by atoms with Gasteiger partial charge in [-0.2, -0.15) is 0 Å². The molecule has 3 rings (SSSR count). The summed E-state index contributed by atoms with van der Waals surface area (Å²) in [5.41, 5.74) is 2.86. The lowest BCUT2D eigenvalue weighted by atomic mass is 10.2. The van der Waals surface area contributed by atoms with Crippen LogP contribution in [0, 0.1) is 6.92 Å². The van der Waals surface area contributed by atoms with Gasteiger partial charge in [-0.3, -0.25) is 0 Å². The Morgan fingerprint density at radius 3 is 2.50 bits per heavy atom. The zero-order valence-corrected chi connectivity index (χ0v) is 14.9. The zero-order chi connectivity index (χ0) is 17.1. The van der Waals surface area contributed by atoms with Crippen molar-refractivity contribution >= 4 is 40.6 Å². The van der Waals surface area contributed by atoms with E-state index in [2.05, 4.69) is 10.2 Å². The maximum absolute atomic E-state index is 12.4. The van der Waals surface area contributed by atoms with Crippen LogP contribution in [0.1, 0.15) is 5.56 Å². The van der Waals surface area contributed by atoms with Crippen LogP contribution in [0.2, 0.25) is 10.0 Å². The molecule has 2 aromatic carbocycles. The van der Waals surface area contributed by atoms with Crippen LogP contribution in [-0.2, 0) is 0 Å².